The Morgan fingerprint density at radius 3 is 2.48 bits per heavy atom. The van der Waals surface area contributed by atoms with Gasteiger partial charge in [0, 0.05) is 5.69 Å². The minimum absolute atomic E-state index is 0.0262. The largest absolute Gasteiger partial charge is 0.325 e. The van der Waals surface area contributed by atoms with Crippen LogP contribution in [0.1, 0.15) is 29.7 Å². The van der Waals surface area contributed by atoms with Gasteiger partial charge in [0.05, 0.1) is 23.6 Å². The lowest BCUT2D eigenvalue weighted by molar-refractivity contribution is -0.115. The first kappa shape index (κ1) is 20.6. The number of H-pyrrole nitrogens is 2. The van der Waals surface area contributed by atoms with E-state index in [1.807, 2.05) is 30.3 Å². The van der Waals surface area contributed by atoms with E-state index in [4.69, 9.17) is 0 Å². The smallest absolute Gasteiger partial charge is 0.323 e. The number of fused-ring (bicyclic) bond motifs is 1. The van der Waals surface area contributed by atoms with Crippen molar-refractivity contribution < 1.29 is 9.18 Å². The lowest BCUT2D eigenvalue weighted by Crippen LogP contribution is -2.32. The quantitative estimate of drug-likeness (QED) is 0.367. The van der Waals surface area contributed by atoms with E-state index in [2.05, 4.69) is 27.5 Å². The summed E-state index contributed by atoms with van der Waals surface area (Å²) in [5.41, 5.74) is 4.45. The number of aryl methyl sites for hydroxylation is 1. The number of imidazole rings is 1. The number of benzene rings is 3. The summed E-state index contributed by atoms with van der Waals surface area (Å²) in [4.78, 5) is 29.3. The summed E-state index contributed by atoms with van der Waals surface area (Å²) in [5, 5.41) is 6.06. The normalized spacial score (nSPS) is 12.1. The van der Waals surface area contributed by atoms with Crippen molar-refractivity contribution in [3.8, 4) is 0 Å². The molecule has 0 radical (unpaired) electrons. The maximum atomic E-state index is 13.8. The van der Waals surface area contributed by atoms with Crippen molar-refractivity contribution in [3.63, 3.8) is 0 Å². The molecule has 1 atom stereocenters. The molecule has 0 saturated carbocycles. The molecule has 0 spiro atoms. The van der Waals surface area contributed by atoms with E-state index in [1.54, 1.807) is 24.3 Å². The van der Waals surface area contributed by atoms with Gasteiger partial charge >= 0.3 is 5.69 Å². The number of amides is 1. The Balaban J connectivity index is 1.50. The van der Waals surface area contributed by atoms with Crippen molar-refractivity contribution in [1.29, 1.82) is 0 Å². The first-order valence-electron chi connectivity index (χ1n) is 10.1. The predicted octanol–water partition coefficient (Wildman–Crippen LogP) is 3.88. The van der Waals surface area contributed by atoms with Gasteiger partial charge < -0.3 is 15.3 Å². The number of carbonyl (C=O) groups excluding carboxylic acids is 1. The van der Waals surface area contributed by atoms with Crippen LogP contribution in [0.25, 0.3) is 11.0 Å². The van der Waals surface area contributed by atoms with Crippen LogP contribution in [0.5, 0.6) is 0 Å². The van der Waals surface area contributed by atoms with E-state index >= 15 is 0 Å². The highest BCUT2D eigenvalue weighted by Crippen LogP contribution is 2.23. The minimum atomic E-state index is -0.337. The third kappa shape index (κ3) is 4.90. The molecule has 0 aliphatic rings. The number of carbonyl (C=O) groups is 1. The molecule has 0 bridgehead atoms. The second-order valence-corrected chi connectivity index (χ2v) is 7.35. The fourth-order valence-corrected chi connectivity index (χ4v) is 3.57. The molecular weight excluding hydrogens is 395 g/mol. The van der Waals surface area contributed by atoms with Gasteiger partial charge in [0.25, 0.3) is 0 Å². The van der Waals surface area contributed by atoms with E-state index in [-0.39, 0.29) is 30.0 Å². The monoisotopic (exact) mass is 418 g/mol. The summed E-state index contributed by atoms with van der Waals surface area (Å²) in [6.07, 6.45) is 0.928. The van der Waals surface area contributed by atoms with Crippen LogP contribution in [0.3, 0.4) is 0 Å². The fourth-order valence-electron chi connectivity index (χ4n) is 3.57. The number of halogens is 1. The van der Waals surface area contributed by atoms with Gasteiger partial charge in [0.15, 0.2) is 0 Å². The number of aromatic nitrogens is 2. The molecule has 1 amide bonds. The number of hydrogen-bond acceptors (Lipinski definition) is 3. The molecule has 0 aliphatic carbocycles. The molecule has 0 fully saturated rings. The van der Waals surface area contributed by atoms with Crippen LogP contribution in [0.2, 0.25) is 0 Å². The van der Waals surface area contributed by atoms with Crippen LogP contribution in [0.4, 0.5) is 10.1 Å². The second kappa shape index (κ2) is 8.97. The molecule has 4 N–H and O–H groups in total. The third-order valence-corrected chi connectivity index (χ3v) is 5.17. The lowest BCUT2D eigenvalue weighted by Gasteiger charge is -2.20. The molecule has 1 aromatic heterocycles. The molecule has 0 saturated heterocycles. The highest BCUT2D eigenvalue weighted by Gasteiger charge is 2.16. The van der Waals surface area contributed by atoms with Gasteiger partial charge in [0.2, 0.25) is 5.91 Å². The molecule has 6 nitrogen and oxygen atoms in total. The van der Waals surface area contributed by atoms with Crippen molar-refractivity contribution in [3.05, 3.63) is 99.7 Å². The molecule has 4 aromatic rings. The summed E-state index contributed by atoms with van der Waals surface area (Å²) >= 11 is 0. The maximum absolute atomic E-state index is 13.8. The Morgan fingerprint density at radius 2 is 1.74 bits per heavy atom. The van der Waals surface area contributed by atoms with E-state index < -0.39 is 0 Å². The summed E-state index contributed by atoms with van der Waals surface area (Å²) in [6.45, 7) is 2.11. The van der Waals surface area contributed by atoms with Crippen molar-refractivity contribution in [2.75, 3.05) is 11.9 Å². The maximum Gasteiger partial charge on any atom is 0.323 e. The van der Waals surface area contributed by atoms with Crippen LogP contribution in [-0.2, 0) is 11.2 Å². The third-order valence-electron chi connectivity index (χ3n) is 5.17. The summed E-state index contributed by atoms with van der Waals surface area (Å²) in [5.74, 6) is -0.573. The Bertz CT molecular complexity index is 1260. The first-order valence-corrected chi connectivity index (χ1v) is 10.1. The zero-order valence-corrected chi connectivity index (χ0v) is 17.0. The predicted molar refractivity (Wildman–Crippen MR) is 120 cm³/mol. The van der Waals surface area contributed by atoms with Gasteiger partial charge in [0.1, 0.15) is 5.82 Å². The van der Waals surface area contributed by atoms with Crippen LogP contribution >= 0.6 is 0 Å². The van der Waals surface area contributed by atoms with Gasteiger partial charge in [-0.3, -0.25) is 10.1 Å². The average Bonchev–Trinajstić information content (AvgIpc) is 3.13. The molecule has 31 heavy (non-hydrogen) atoms. The Labute approximate surface area is 178 Å². The van der Waals surface area contributed by atoms with Crippen LogP contribution < -0.4 is 16.3 Å². The highest BCUT2D eigenvalue weighted by atomic mass is 19.1. The van der Waals surface area contributed by atoms with Crippen molar-refractivity contribution in [2.45, 2.75) is 19.4 Å². The number of anilines is 1. The van der Waals surface area contributed by atoms with Crippen molar-refractivity contribution in [1.82, 2.24) is 15.3 Å². The average molecular weight is 418 g/mol. The standard InChI is InChI=1S/C24H23FN4O2/c1-2-15-6-8-16(9-7-15)23(17-4-3-5-18(25)12-17)26-14-22(30)27-19-10-11-20-21(13-19)29-24(31)28-20/h3-13,23,26H,2,14H2,1H3,(H,27,30)(H2,28,29,31)/t23-/m0/s1. The van der Waals surface area contributed by atoms with Crippen molar-refractivity contribution >= 4 is 22.6 Å². The Kier molecular flexibility index (Phi) is 5.95. The van der Waals surface area contributed by atoms with Gasteiger partial charge in [-0.05, 0) is 53.4 Å². The molecule has 0 unspecified atom stereocenters. The molecule has 7 heteroatoms. The fraction of sp³-hybridized carbons (Fsp3) is 0.167. The topological polar surface area (TPSA) is 89.8 Å². The summed E-state index contributed by atoms with van der Waals surface area (Å²) < 4.78 is 13.8. The van der Waals surface area contributed by atoms with Gasteiger partial charge in [-0.25, -0.2) is 9.18 Å². The SMILES string of the molecule is CCc1ccc([C@H](NCC(=O)Nc2ccc3[nH]c(=O)[nH]c3c2)c2cccc(F)c2)cc1. The zero-order chi connectivity index (χ0) is 21.8. The van der Waals surface area contributed by atoms with E-state index in [9.17, 15) is 14.0 Å². The molecule has 0 aliphatic heterocycles. The van der Waals surface area contributed by atoms with Gasteiger partial charge in [-0.1, -0.05) is 43.3 Å². The van der Waals surface area contributed by atoms with E-state index in [1.165, 1.54) is 17.7 Å². The van der Waals surface area contributed by atoms with E-state index in [0.717, 1.165) is 17.5 Å². The van der Waals surface area contributed by atoms with Gasteiger partial charge in [-0.2, -0.15) is 0 Å². The van der Waals surface area contributed by atoms with E-state index in [0.29, 0.717) is 16.7 Å². The first-order chi connectivity index (χ1) is 15.0. The molecular formula is C24H23FN4O2. The molecule has 1 heterocycles. The van der Waals surface area contributed by atoms with Crippen molar-refractivity contribution in [2.24, 2.45) is 0 Å². The Morgan fingerprint density at radius 1 is 0.968 bits per heavy atom. The lowest BCUT2D eigenvalue weighted by atomic mass is 9.97. The number of rotatable bonds is 7. The summed E-state index contributed by atoms with van der Waals surface area (Å²) in [7, 11) is 0. The number of nitrogens with one attached hydrogen (secondary N) is 4. The van der Waals surface area contributed by atoms with Gasteiger partial charge in [-0.15, -0.1) is 0 Å². The second-order valence-electron chi connectivity index (χ2n) is 7.35. The Hall–Kier alpha value is -3.71. The summed E-state index contributed by atoms with van der Waals surface area (Å²) in [6, 6.07) is 19.2. The number of hydrogen-bond donors (Lipinski definition) is 4. The molecule has 4 rings (SSSR count). The highest BCUT2D eigenvalue weighted by molar-refractivity contribution is 5.94. The number of aromatic amines is 2. The minimum Gasteiger partial charge on any atom is -0.325 e. The van der Waals surface area contributed by atoms with Crippen LogP contribution in [-0.4, -0.2) is 22.4 Å². The zero-order valence-electron chi connectivity index (χ0n) is 17.0. The van der Waals surface area contributed by atoms with Crippen LogP contribution in [0.15, 0.2) is 71.5 Å². The molecule has 158 valence electrons. The van der Waals surface area contributed by atoms with Crippen LogP contribution in [0, 0.1) is 5.82 Å². The molecule has 3 aromatic carbocycles.